The number of hydrogen-bond acceptors (Lipinski definition) is 5. The Labute approximate surface area is 175 Å². The Morgan fingerprint density at radius 1 is 1.00 bits per heavy atom. The molecule has 0 radical (unpaired) electrons. The van der Waals surface area contributed by atoms with E-state index >= 15 is 0 Å². The molecular weight excluding hydrogens is 442 g/mol. The van der Waals surface area contributed by atoms with Crippen molar-refractivity contribution in [1.82, 2.24) is 9.21 Å². The molecule has 0 spiro atoms. The summed E-state index contributed by atoms with van der Waals surface area (Å²) in [7, 11) is 0.547. The zero-order chi connectivity index (χ0) is 20.1. The molecule has 1 saturated heterocycles. The van der Waals surface area contributed by atoms with Crippen LogP contribution in [0.4, 0.5) is 5.69 Å². The van der Waals surface area contributed by atoms with Gasteiger partial charge < -0.3 is 14.5 Å². The molecule has 2 aromatic carbocycles. The van der Waals surface area contributed by atoms with Crippen LogP contribution < -0.4 is 9.64 Å². The van der Waals surface area contributed by atoms with Gasteiger partial charge in [-0.25, -0.2) is 8.42 Å². The summed E-state index contributed by atoms with van der Waals surface area (Å²) in [5, 5.41) is 0. The van der Waals surface area contributed by atoms with Gasteiger partial charge in [-0.15, -0.1) is 0 Å². The second kappa shape index (κ2) is 9.26. The maximum atomic E-state index is 12.9. The van der Waals surface area contributed by atoms with Gasteiger partial charge >= 0.3 is 0 Å². The van der Waals surface area contributed by atoms with Crippen molar-refractivity contribution in [2.24, 2.45) is 0 Å². The molecule has 0 unspecified atom stereocenters. The summed E-state index contributed by atoms with van der Waals surface area (Å²) in [5.41, 5.74) is 1.08. The summed E-state index contributed by atoms with van der Waals surface area (Å²) < 4.78 is 33.7. The van der Waals surface area contributed by atoms with E-state index in [-0.39, 0.29) is 0 Å². The zero-order valence-corrected chi connectivity index (χ0v) is 18.6. The quantitative estimate of drug-likeness (QED) is 0.626. The van der Waals surface area contributed by atoms with Crippen LogP contribution in [0.1, 0.15) is 0 Å². The van der Waals surface area contributed by atoms with Crippen molar-refractivity contribution < 1.29 is 13.2 Å². The number of halogens is 1. The molecule has 28 heavy (non-hydrogen) atoms. The molecule has 0 saturated carbocycles. The highest BCUT2D eigenvalue weighted by Crippen LogP contribution is 2.27. The molecule has 0 amide bonds. The number of ether oxygens (including phenoxy) is 1. The van der Waals surface area contributed by atoms with Crippen LogP contribution in [-0.2, 0) is 10.0 Å². The van der Waals surface area contributed by atoms with Crippen LogP contribution in [0.3, 0.4) is 0 Å². The topological polar surface area (TPSA) is 53.1 Å². The largest absolute Gasteiger partial charge is 0.492 e. The highest BCUT2D eigenvalue weighted by Gasteiger charge is 2.29. The first-order valence-corrected chi connectivity index (χ1v) is 11.5. The van der Waals surface area contributed by atoms with Gasteiger partial charge in [-0.1, -0.05) is 12.1 Å². The smallest absolute Gasteiger partial charge is 0.244 e. The van der Waals surface area contributed by atoms with Gasteiger partial charge in [0.25, 0.3) is 0 Å². The molecule has 2 aromatic rings. The molecule has 0 aromatic heterocycles. The lowest BCUT2D eigenvalue weighted by molar-refractivity contribution is 0.261. The number of anilines is 1. The average Bonchev–Trinajstić information content (AvgIpc) is 2.68. The van der Waals surface area contributed by atoms with Crippen LogP contribution in [0, 0.1) is 0 Å². The van der Waals surface area contributed by atoms with Crippen LogP contribution in [0.15, 0.2) is 57.9 Å². The minimum atomic E-state index is -3.49. The summed E-state index contributed by atoms with van der Waals surface area (Å²) >= 11 is 3.35. The van der Waals surface area contributed by atoms with E-state index in [9.17, 15) is 8.42 Å². The van der Waals surface area contributed by atoms with Crippen LogP contribution in [-0.4, -0.2) is 71.0 Å². The van der Waals surface area contributed by atoms with Crippen LogP contribution in [0.2, 0.25) is 0 Å². The maximum Gasteiger partial charge on any atom is 0.244 e. The van der Waals surface area contributed by atoms with Gasteiger partial charge in [0, 0.05) is 42.9 Å². The maximum absolute atomic E-state index is 12.9. The number of likely N-dealkylation sites (N-methyl/N-ethyl adjacent to an activating group) is 1. The van der Waals surface area contributed by atoms with Crippen molar-refractivity contribution in [2.75, 3.05) is 58.3 Å². The molecule has 0 aliphatic carbocycles. The van der Waals surface area contributed by atoms with E-state index in [1.54, 1.807) is 22.5 Å². The lowest BCUT2D eigenvalue weighted by Crippen LogP contribution is -2.48. The first-order valence-electron chi connectivity index (χ1n) is 9.25. The Bertz CT molecular complexity index is 880. The SMILES string of the molecule is CN(C)CCOc1ccc(N2CCN(S(=O)(=O)c3ccccc3Br)CC2)cc1. The number of piperazine rings is 1. The fraction of sp³-hybridized carbons (Fsp3) is 0.400. The average molecular weight is 468 g/mol. The van der Waals surface area contributed by atoms with E-state index in [0.29, 0.717) is 42.2 Å². The van der Waals surface area contributed by atoms with E-state index in [1.807, 2.05) is 44.4 Å². The van der Waals surface area contributed by atoms with Gasteiger partial charge in [-0.05, 0) is 66.4 Å². The van der Waals surface area contributed by atoms with E-state index in [2.05, 4.69) is 25.7 Å². The van der Waals surface area contributed by atoms with Crippen molar-refractivity contribution in [2.45, 2.75) is 4.90 Å². The predicted molar refractivity (Wildman–Crippen MR) is 116 cm³/mol. The zero-order valence-electron chi connectivity index (χ0n) is 16.2. The first kappa shape index (κ1) is 21.1. The van der Waals surface area contributed by atoms with Crippen molar-refractivity contribution in [1.29, 1.82) is 0 Å². The molecule has 6 nitrogen and oxygen atoms in total. The third-order valence-electron chi connectivity index (χ3n) is 4.70. The van der Waals surface area contributed by atoms with Crippen molar-refractivity contribution in [3.05, 3.63) is 53.0 Å². The van der Waals surface area contributed by atoms with Crippen LogP contribution >= 0.6 is 15.9 Å². The summed E-state index contributed by atoms with van der Waals surface area (Å²) in [5.74, 6) is 0.848. The molecular formula is C20H26BrN3O3S. The van der Waals surface area contributed by atoms with Gasteiger partial charge in [0.05, 0.1) is 4.90 Å². The lowest BCUT2D eigenvalue weighted by atomic mass is 10.2. The van der Waals surface area contributed by atoms with Gasteiger partial charge in [0.2, 0.25) is 10.0 Å². The van der Waals surface area contributed by atoms with Crippen LogP contribution in [0.5, 0.6) is 5.75 Å². The Kier molecular flexibility index (Phi) is 6.98. The first-order chi connectivity index (χ1) is 13.4. The molecule has 1 heterocycles. The number of nitrogens with zero attached hydrogens (tertiary/aromatic N) is 3. The van der Waals surface area contributed by atoms with Gasteiger partial charge in [-0.2, -0.15) is 4.31 Å². The van der Waals surface area contributed by atoms with Crippen molar-refractivity contribution in [3.63, 3.8) is 0 Å². The third-order valence-corrected chi connectivity index (χ3v) is 7.61. The molecule has 3 rings (SSSR count). The molecule has 1 aliphatic heterocycles. The normalized spacial score (nSPS) is 15.8. The summed E-state index contributed by atoms with van der Waals surface area (Å²) in [6.45, 7) is 3.76. The van der Waals surface area contributed by atoms with Crippen molar-refractivity contribution >= 4 is 31.6 Å². The minimum Gasteiger partial charge on any atom is -0.492 e. The van der Waals surface area contributed by atoms with Gasteiger partial charge in [0.15, 0.2) is 0 Å². The Hall–Kier alpha value is -1.61. The Morgan fingerprint density at radius 3 is 2.25 bits per heavy atom. The highest BCUT2D eigenvalue weighted by atomic mass is 79.9. The highest BCUT2D eigenvalue weighted by molar-refractivity contribution is 9.10. The fourth-order valence-corrected chi connectivity index (χ4v) is 5.46. The predicted octanol–water partition coefficient (Wildman–Crippen LogP) is 2.90. The summed E-state index contributed by atoms with van der Waals surface area (Å²) in [4.78, 5) is 4.61. The van der Waals surface area contributed by atoms with Gasteiger partial charge in [0.1, 0.15) is 12.4 Å². The molecule has 0 bridgehead atoms. The van der Waals surface area contributed by atoms with E-state index < -0.39 is 10.0 Å². The lowest BCUT2D eigenvalue weighted by Gasteiger charge is -2.35. The minimum absolute atomic E-state index is 0.322. The van der Waals surface area contributed by atoms with Crippen LogP contribution in [0.25, 0.3) is 0 Å². The molecule has 8 heteroatoms. The van der Waals surface area contributed by atoms with E-state index in [4.69, 9.17) is 4.74 Å². The van der Waals surface area contributed by atoms with Crippen molar-refractivity contribution in [3.8, 4) is 5.75 Å². The fourth-order valence-electron chi connectivity index (χ4n) is 3.08. The number of benzene rings is 2. The monoisotopic (exact) mass is 467 g/mol. The standard InChI is InChI=1S/C20H26BrN3O3S/c1-22(2)15-16-27-18-9-7-17(8-10-18)23-11-13-24(14-12-23)28(25,26)20-6-4-3-5-19(20)21/h3-10H,11-16H2,1-2H3. The molecule has 152 valence electrons. The molecule has 1 fully saturated rings. The van der Waals surface area contributed by atoms with Gasteiger partial charge in [-0.3, -0.25) is 0 Å². The third kappa shape index (κ3) is 5.05. The number of hydrogen-bond donors (Lipinski definition) is 0. The number of rotatable bonds is 7. The Balaban J connectivity index is 1.59. The Morgan fingerprint density at radius 2 is 1.64 bits per heavy atom. The molecule has 0 N–H and O–H groups in total. The number of sulfonamides is 1. The second-order valence-corrected chi connectivity index (χ2v) is 9.73. The van der Waals surface area contributed by atoms with E-state index in [0.717, 1.165) is 18.0 Å². The molecule has 0 atom stereocenters. The second-order valence-electron chi connectivity index (χ2n) is 6.97. The summed E-state index contributed by atoms with van der Waals surface area (Å²) in [6.07, 6.45) is 0. The molecule has 1 aliphatic rings. The van der Waals surface area contributed by atoms with E-state index in [1.165, 1.54) is 0 Å². The summed E-state index contributed by atoms with van der Waals surface area (Å²) in [6, 6.07) is 15.0.